The van der Waals surface area contributed by atoms with E-state index < -0.39 is 0 Å². The molecule has 2 atom stereocenters. The lowest BCUT2D eigenvalue weighted by Gasteiger charge is -2.70. The van der Waals surface area contributed by atoms with Crippen LogP contribution in [0.3, 0.4) is 0 Å². The molecule has 2 aliphatic rings. The molecule has 0 saturated carbocycles. The number of hydrogen-bond acceptors (Lipinski definition) is 4. The van der Waals surface area contributed by atoms with Gasteiger partial charge in [0.05, 0.1) is 19.3 Å². The van der Waals surface area contributed by atoms with Crippen molar-refractivity contribution in [3.8, 4) is 5.75 Å². The number of amides is 1. The van der Waals surface area contributed by atoms with E-state index in [9.17, 15) is 9.90 Å². The molecule has 142 valence electrons. The van der Waals surface area contributed by atoms with E-state index >= 15 is 0 Å². The molecule has 5 heteroatoms. The molecule has 0 aromatic heterocycles. The van der Waals surface area contributed by atoms with E-state index in [2.05, 4.69) is 23.1 Å². The Labute approximate surface area is 160 Å². The van der Waals surface area contributed by atoms with E-state index in [1.165, 1.54) is 5.56 Å². The highest BCUT2D eigenvalue weighted by Crippen LogP contribution is 2.54. The van der Waals surface area contributed by atoms with Crippen LogP contribution in [-0.2, 0) is 11.3 Å². The number of carbonyl (C=O) groups excluding carboxylic acids is 1. The van der Waals surface area contributed by atoms with E-state index in [0.717, 1.165) is 11.3 Å². The van der Waals surface area contributed by atoms with Crippen molar-refractivity contribution in [2.75, 3.05) is 26.8 Å². The van der Waals surface area contributed by atoms with Crippen molar-refractivity contribution < 1.29 is 14.6 Å². The quantitative estimate of drug-likeness (QED) is 0.882. The Bertz CT molecular complexity index is 817. The number of rotatable bonds is 5. The van der Waals surface area contributed by atoms with Gasteiger partial charge in [-0.2, -0.15) is 0 Å². The standard InChI is InChI=1S/C22H26N2O3/c1-16(26)23-14-22(15-23)21(17-8-4-3-5-9-17)19(13-25)24(22)12-18-10-6-7-11-20(18)27-2/h3-11,19,21,25H,12-15H2,1-2H3/t19-,21+/m1/s1. The van der Waals surface area contributed by atoms with E-state index in [-0.39, 0.29) is 30.0 Å². The number of benzene rings is 2. The Kier molecular flexibility index (Phi) is 4.66. The summed E-state index contributed by atoms with van der Waals surface area (Å²) in [6.07, 6.45) is 0. The van der Waals surface area contributed by atoms with Gasteiger partial charge in [0.15, 0.2) is 0 Å². The molecular formula is C22H26N2O3. The molecule has 4 rings (SSSR count). The van der Waals surface area contributed by atoms with Crippen LogP contribution in [-0.4, -0.2) is 59.2 Å². The van der Waals surface area contributed by atoms with Crippen molar-refractivity contribution >= 4 is 5.91 Å². The van der Waals surface area contributed by atoms with Gasteiger partial charge in [0.2, 0.25) is 5.91 Å². The summed E-state index contributed by atoms with van der Waals surface area (Å²) in [7, 11) is 1.68. The van der Waals surface area contributed by atoms with Crippen LogP contribution < -0.4 is 4.74 Å². The number of likely N-dealkylation sites (tertiary alicyclic amines) is 2. The number of aliphatic hydroxyl groups is 1. The first-order valence-corrected chi connectivity index (χ1v) is 9.40. The summed E-state index contributed by atoms with van der Waals surface area (Å²) in [5.41, 5.74) is 2.21. The lowest BCUT2D eigenvalue weighted by molar-refractivity contribution is -0.199. The summed E-state index contributed by atoms with van der Waals surface area (Å²) in [5.74, 6) is 1.18. The highest BCUT2D eigenvalue weighted by atomic mass is 16.5. The predicted molar refractivity (Wildman–Crippen MR) is 104 cm³/mol. The molecule has 2 saturated heterocycles. The maximum absolute atomic E-state index is 11.9. The summed E-state index contributed by atoms with van der Waals surface area (Å²) in [5, 5.41) is 10.2. The second-order valence-corrected chi connectivity index (χ2v) is 7.56. The van der Waals surface area contributed by atoms with Crippen LogP contribution in [0.1, 0.15) is 24.0 Å². The molecule has 0 bridgehead atoms. The maximum atomic E-state index is 11.9. The largest absolute Gasteiger partial charge is 0.496 e. The lowest BCUT2D eigenvalue weighted by atomic mass is 9.60. The van der Waals surface area contributed by atoms with E-state index in [1.807, 2.05) is 41.3 Å². The average molecular weight is 366 g/mol. The van der Waals surface area contributed by atoms with Gasteiger partial charge in [-0.3, -0.25) is 9.69 Å². The van der Waals surface area contributed by atoms with Gasteiger partial charge in [0.25, 0.3) is 0 Å². The number of methoxy groups -OCH3 is 1. The minimum atomic E-state index is -0.124. The third-order valence-electron chi connectivity index (χ3n) is 6.19. The SMILES string of the molecule is COc1ccccc1CN1[C@H](CO)[C@H](c2ccccc2)C12CN(C(C)=O)C2. The van der Waals surface area contributed by atoms with Crippen LogP contribution in [0.2, 0.25) is 0 Å². The fourth-order valence-electron chi connectivity index (χ4n) is 4.87. The zero-order valence-electron chi connectivity index (χ0n) is 15.8. The van der Waals surface area contributed by atoms with Crippen LogP contribution in [0, 0.1) is 0 Å². The molecule has 1 spiro atoms. The number of aliphatic hydroxyl groups excluding tert-OH is 1. The number of ether oxygens (including phenoxy) is 1. The molecule has 1 N–H and O–H groups in total. The molecule has 2 fully saturated rings. The molecule has 0 unspecified atom stereocenters. The summed E-state index contributed by atoms with van der Waals surface area (Å²) >= 11 is 0. The second-order valence-electron chi connectivity index (χ2n) is 7.56. The van der Waals surface area contributed by atoms with Crippen LogP contribution in [0.25, 0.3) is 0 Å². The third-order valence-corrected chi connectivity index (χ3v) is 6.19. The zero-order valence-corrected chi connectivity index (χ0v) is 15.8. The maximum Gasteiger partial charge on any atom is 0.219 e. The number of nitrogens with zero attached hydrogens (tertiary/aromatic N) is 2. The summed E-state index contributed by atoms with van der Waals surface area (Å²) in [6.45, 7) is 3.82. The van der Waals surface area contributed by atoms with Crippen molar-refractivity contribution in [2.24, 2.45) is 0 Å². The van der Waals surface area contributed by atoms with Crippen LogP contribution in [0.15, 0.2) is 54.6 Å². The highest BCUT2D eigenvalue weighted by molar-refractivity contribution is 5.75. The van der Waals surface area contributed by atoms with Gasteiger partial charge in [-0.1, -0.05) is 48.5 Å². The normalized spacial score (nSPS) is 23.6. The smallest absolute Gasteiger partial charge is 0.219 e. The van der Waals surface area contributed by atoms with E-state index in [4.69, 9.17) is 4.74 Å². The van der Waals surface area contributed by atoms with Gasteiger partial charge in [-0.25, -0.2) is 0 Å². The molecule has 2 aliphatic heterocycles. The molecule has 5 nitrogen and oxygen atoms in total. The first kappa shape index (κ1) is 18.0. The van der Waals surface area contributed by atoms with Crippen molar-refractivity contribution in [2.45, 2.75) is 31.0 Å². The minimum Gasteiger partial charge on any atom is -0.496 e. The molecule has 2 aromatic carbocycles. The molecule has 2 heterocycles. The molecular weight excluding hydrogens is 340 g/mol. The second kappa shape index (κ2) is 6.98. The van der Waals surface area contributed by atoms with Gasteiger partial charge < -0.3 is 14.7 Å². The Morgan fingerprint density at radius 1 is 1.15 bits per heavy atom. The minimum absolute atomic E-state index is 0.0337. The molecule has 0 aliphatic carbocycles. The Morgan fingerprint density at radius 3 is 2.44 bits per heavy atom. The monoisotopic (exact) mass is 366 g/mol. The van der Waals surface area contributed by atoms with Crippen LogP contribution in [0.4, 0.5) is 0 Å². The van der Waals surface area contributed by atoms with Gasteiger partial charge in [0, 0.05) is 44.1 Å². The Balaban J connectivity index is 1.66. The fourth-order valence-corrected chi connectivity index (χ4v) is 4.87. The third kappa shape index (κ3) is 2.82. The van der Waals surface area contributed by atoms with Crippen molar-refractivity contribution in [1.82, 2.24) is 9.80 Å². The highest BCUT2D eigenvalue weighted by Gasteiger charge is 2.65. The Hall–Kier alpha value is -2.37. The van der Waals surface area contributed by atoms with Crippen LogP contribution >= 0.6 is 0 Å². The van der Waals surface area contributed by atoms with Gasteiger partial charge >= 0.3 is 0 Å². The Morgan fingerprint density at radius 2 is 1.81 bits per heavy atom. The molecule has 2 aromatic rings. The predicted octanol–water partition coefficient (Wildman–Crippen LogP) is 2.26. The van der Waals surface area contributed by atoms with Crippen molar-refractivity contribution in [1.29, 1.82) is 0 Å². The molecule has 0 radical (unpaired) electrons. The summed E-state index contributed by atoms with van der Waals surface area (Å²) in [4.78, 5) is 16.1. The number of para-hydroxylation sites is 1. The fraction of sp³-hybridized carbons (Fsp3) is 0.409. The topological polar surface area (TPSA) is 53.0 Å². The lowest BCUT2D eigenvalue weighted by Crippen LogP contribution is -2.84. The first-order chi connectivity index (χ1) is 13.1. The summed E-state index contributed by atoms with van der Waals surface area (Å²) < 4.78 is 5.52. The molecule has 1 amide bonds. The van der Waals surface area contributed by atoms with Crippen LogP contribution in [0.5, 0.6) is 5.75 Å². The van der Waals surface area contributed by atoms with E-state index in [1.54, 1.807) is 14.0 Å². The van der Waals surface area contributed by atoms with Gasteiger partial charge in [-0.15, -0.1) is 0 Å². The first-order valence-electron chi connectivity index (χ1n) is 9.40. The van der Waals surface area contributed by atoms with Crippen molar-refractivity contribution in [3.05, 3.63) is 65.7 Å². The average Bonchev–Trinajstić information content (AvgIpc) is 2.64. The summed E-state index contributed by atoms with van der Waals surface area (Å²) in [6, 6.07) is 18.4. The number of carbonyl (C=O) groups is 1. The van der Waals surface area contributed by atoms with E-state index in [0.29, 0.717) is 19.6 Å². The van der Waals surface area contributed by atoms with Gasteiger partial charge in [0.1, 0.15) is 5.75 Å². The number of hydrogen-bond donors (Lipinski definition) is 1. The van der Waals surface area contributed by atoms with Gasteiger partial charge in [-0.05, 0) is 11.6 Å². The molecule has 27 heavy (non-hydrogen) atoms. The zero-order chi connectivity index (χ0) is 19.0. The van der Waals surface area contributed by atoms with Crippen molar-refractivity contribution in [3.63, 3.8) is 0 Å².